The van der Waals surface area contributed by atoms with Crippen molar-refractivity contribution >= 4 is 19.9 Å². The van der Waals surface area contributed by atoms with E-state index in [0.717, 1.165) is 24.8 Å². The van der Waals surface area contributed by atoms with Gasteiger partial charge in [-0.1, -0.05) is 12.1 Å². The van der Waals surface area contributed by atoms with Crippen LogP contribution in [0.3, 0.4) is 0 Å². The van der Waals surface area contributed by atoms with Gasteiger partial charge in [-0.25, -0.2) is 16.8 Å². The Morgan fingerprint density at radius 1 is 1.19 bits per heavy atom. The minimum atomic E-state index is -3.66. The van der Waals surface area contributed by atoms with Gasteiger partial charge in [0, 0.05) is 19.2 Å². The Kier molecular flexibility index (Phi) is 6.45. The van der Waals surface area contributed by atoms with Crippen LogP contribution in [0.15, 0.2) is 24.3 Å². The van der Waals surface area contributed by atoms with Crippen LogP contribution in [0.1, 0.15) is 31.2 Å². The third-order valence-electron chi connectivity index (χ3n) is 5.14. The van der Waals surface area contributed by atoms with E-state index in [4.69, 9.17) is 9.47 Å². The molecule has 0 spiro atoms. The molecule has 0 bridgehead atoms. The van der Waals surface area contributed by atoms with Gasteiger partial charge in [-0.15, -0.1) is 0 Å². The molecule has 2 atom stereocenters. The topological polar surface area (TPSA) is 90.0 Å². The average Bonchev–Trinajstić information content (AvgIpc) is 3.00. The molecule has 0 aromatic heterocycles. The van der Waals surface area contributed by atoms with Gasteiger partial charge in [0.1, 0.15) is 5.75 Å². The molecule has 1 aromatic rings. The molecule has 0 saturated carbocycles. The fourth-order valence-corrected chi connectivity index (χ4v) is 7.37. The number of rotatable bonds is 7. The van der Waals surface area contributed by atoms with Crippen molar-refractivity contribution in [1.29, 1.82) is 0 Å². The van der Waals surface area contributed by atoms with Crippen molar-refractivity contribution < 1.29 is 26.3 Å². The molecule has 9 heteroatoms. The number of hydrogen-bond donors (Lipinski definition) is 0. The van der Waals surface area contributed by atoms with E-state index in [2.05, 4.69) is 0 Å². The summed E-state index contributed by atoms with van der Waals surface area (Å²) in [6.45, 7) is 0.732. The molecule has 3 rings (SSSR count). The van der Waals surface area contributed by atoms with Crippen LogP contribution in [0, 0.1) is 0 Å². The number of hydrogen-bond acceptors (Lipinski definition) is 6. The Hall–Kier alpha value is -1.16. The zero-order valence-electron chi connectivity index (χ0n) is 15.5. The average molecular weight is 418 g/mol. The molecule has 2 aliphatic rings. The lowest BCUT2D eigenvalue weighted by Gasteiger charge is -2.30. The monoisotopic (exact) mass is 417 g/mol. The number of benzene rings is 1. The van der Waals surface area contributed by atoms with Gasteiger partial charge in [0.15, 0.2) is 9.84 Å². The summed E-state index contributed by atoms with van der Waals surface area (Å²) in [5.74, 6) is 0.507. The Balaban J connectivity index is 1.81. The quantitative estimate of drug-likeness (QED) is 0.669. The summed E-state index contributed by atoms with van der Waals surface area (Å²) in [4.78, 5) is 0. The standard InChI is InChI=1S/C18H27NO6S2/c1-24-17-7-5-15(6-8-17)12-19(16-9-11-26(20,21)13-16)27(22,23)14-18-4-2-3-10-25-18/h5-8,16,18H,2-4,9-14H2,1H3. The predicted octanol–water partition coefficient (Wildman–Crippen LogP) is 1.58. The summed E-state index contributed by atoms with van der Waals surface area (Å²) in [6, 6.07) is 6.64. The van der Waals surface area contributed by atoms with Gasteiger partial charge in [-0.3, -0.25) is 0 Å². The molecule has 2 saturated heterocycles. The highest BCUT2D eigenvalue weighted by atomic mass is 32.2. The second-order valence-corrected chi connectivity index (χ2v) is 11.4. The molecule has 2 unspecified atom stereocenters. The van der Waals surface area contributed by atoms with Gasteiger partial charge in [0.2, 0.25) is 10.0 Å². The molecule has 0 radical (unpaired) electrons. The fourth-order valence-electron chi connectivity index (χ4n) is 3.64. The highest BCUT2D eigenvalue weighted by Crippen LogP contribution is 2.26. The van der Waals surface area contributed by atoms with E-state index in [9.17, 15) is 16.8 Å². The van der Waals surface area contributed by atoms with E-state index < -0.39 is 25.9 Å². The van der Waals surface area contributed by atoms with Gasteiger partial charge in [0.25, 0.3) is 0 Å². The normalized spacial score (nSPS) is 25.6. The molecule has 0 aliphatic carbocycles. The Labute approximate surface area is 161 Å². The first-order chi connectivity index (χ1) is 12.8. The maximum atomic E-state index is 13.2. The largest absolute Gasteiger partial charge is 0.497 e. The maximum absolute atomic E-state index is 13.2. The van der Waals surface area contributed by atoms with E-state index in [1.165, 1.54) is 4.31 Å². The maximum Gasteiger partial charge on any atom is 0.217 e. The smallest absolute Gasteiger partial charge is 0.217 e. The number of sulfone groups is 1. The highest BCUT2D eigenvalue weighted by molar-refractivity contribution is 7.92. The Morgan fingerprint density at radius 3 is 2.48 bits per heavy atom. The zero-order valence-corrected chi connectivity index (χ0v) is 17.2. The number of nitrogens with zero attached hydrogens (tertiary/aromatic N) is 1. The SMILES string of the molecule is COc1ccc(CN(C2CCS(=O)(=O)C2)S(=O)(=O)CC2CCCCO2)cc1. The minimum absolute atomic E-state index is 0.0340. The van der Waals surface area contributed by atoms with E-state index >= 15 is 0 Å². The highest BCUT2D eigenvalue weighted by Gasteiger charge is 2.39. The third kappa shape index (κ3) is 5.43. The molecular formula is C18H27NO6S2. The fraction of sp³-hybridized carbons (Fsp3) is 0.667. The van der Waals surface area contributed by atoms with Gasteiger partial charge < -0.3 is 9.47 Å². The summed E-state index contributed by atoms with van der Waals surface area (Å²) >= 11 is 0. The molecule has 2 fully saturated rings. The van der Waals surface area contributed by atoms with Crippen LogP contribution in [0.5, 0.6) is 5.75 Å². The lowest BCUT2D eigenvalue weighted by molar-refractivity contribution is 0.0297. The van der Waals surface area contributed by atoms with E-state index in [1.54, 1.807) is 19.2 Å². The summed E-state index contributed by atoms with van der Waals surface area (Å²) in [5.41, 5.74) is 0.799. The van der Waals surface area contributed by atoms with Gasteiger partial charge in [-0.05, 0) is 43.4 Å². The second-order valence-electron chi connectivity index (χ2n) is 7.22. The van der Waals surface area contributed by atoms with Gasteiger partial charge in [0.05, 0.1) is 30.5 Å². The van der Waals surface area contributed by atoms with Crippen LogP contribution in [0.25, 0.3) is 0 Å². The predicted molar refractivity (Wildman–Crippen MR) is 103 cm³/mol. The van der Waals surface area contributed by atoms with Crippen molar-refractivity contribution in [3.05, 3.63) is 29.8 Å². The van der Waals surface area contributed by atoms with Crippen LogP contribution < -0.4 is 4.74 Å². The lowest BCUT2D eigenvalue weighted by Crippen LogP contribution is -2.44. The van der Waals surface area contributed by atoms with Crippen LogP contribution in [-0.4, -0.2) is 64.3 Å². The van der Waals surface area contributed by atoms with Crippen LogP contribution in [0.2, 0.25) is 0 Å². The third-order valence-corrected chi connectivity index (χ3v) is 8.83. The number of sulfonamides is 1. The molecule has 0 amide bonds. The van der Waals surface area contributed by atoms with Crippen molar-refractivity contribution in [2.75, 3.05) is 31.0 Å². The van der Waals surface area contributed by atoms with Crippen molar-refractivity contribution in [2.24, 2.45) is 0 Å². The molecule has 0 N–H and O–H groups in total. The first-order valence-corrected chi connectivity index (χ1v) is 12.7. The summed E-state index contributed by atoms with van der Waals surface area (Å²) < 4.78 is 62.3. The van der Waals surface area contributed by atoms with Gasteiger partial charge in [-0.2, -0.15) is 4.31 Å². The lowest BCUT2D eigenvalue weighted by atomic mass is 10.1. The zero-order chi connectivity index (χ0) is 19.5. The first-order valence-electron chi connectivity index (χ1n) is 9.23. The molecule has 2 heterocycles. The summed E-state index contributed by atoms with van der Waals surface area (Å²) in [7, 11) is -5.28. The van der Waals surface area contributed by atoms with E-state index in [-0.39, 0.29) is 29.9 Å². The van der Waals surface area contributed by atoms with Crippen molar-refractivity contribution in [3.63, 3.8) is 0 Å². The van der Waals surface area contributed by atoms with Crippen molar-refractivity contribution in [3.8, 4) is 5.75 Å². The van der Waals surface area contributed by atoms with Crippen molar-refractivity contribution in [2.45, 2.75) is 44.4 Å². The molecular weight excluding hydrogens is 390 g/mol. The molecule has 152 valence electrons. The molecule has 27 heavy (non-hydrogen) atoms. The summed E-state index contributed by atoms with van der Waals surface area (Å²) in [5, 5.41) is 0. The van der Waals surface area contributed by atoms with E-state index in [1.807, 2.05) is 12.1 Å². The molecule has 7 nitrogen and oxygen atoms in total. The van der Waals surface area contributed by atoms with Crippen LogP contribution in [0.4, 0.5) is 0 Å². The van der Waals surface area contributed by atoms with Gasteiger partial charge >= 0.3 is 0 Å². The Bertz CT molecular complexity index is 829. The molecule has 1 aromatic carbocycles. The van der Waals surface area contributed by atoms with Crippen molar-refractivity contribution in [1.82, 2.24) is 4.31 Å². The second kappa shape index (κ2) is 8.46. The number of methoxy groups -OCH3 is 1. The molecule has 2 aliphatic heterocycles. The van der Waals surface area contributed by atoms with E-state index in [0.29, 0.717) is 18.8 Å². The van der Waals surface area contributed by atoms with Crippen LogP contribution in [-0.2, 0) is 31.1 Å². The minimum Gasteiger partial charge on any atom is -0.497 e. The van der Waals surface area contributed by atoms with Crippen LogP contribution >= 0.6 is 0 Å². The Morgan fingerprint density at radius 2 is 1.93 bits per heavy atom. The number of ether oxygens (including phenoxy) is 2. The first kappa shape index (κ1) is 20.6. The summed E-state index contributed by atoms with van der Waals surface area (Å²) in [6.07, 6.45) is 2.64.